The highest BCUT2D eigenvalue weighted by Gasteiger charge is 2.09. The molecule has 1 aromatic heterocycles. The van der Waals surface area contributed by atoms with Gasteiger partial charge in [0.05, 0.1) is 12.7 Å². The lowest BCUT2D eigenvalue weighted by Gasteiger charge is -2.12. The molecule has 2 rings (SSSR count). The Hall–Kier alpha value is -2.32. The normalized spacial score (nSPS) is 11.9. The molecule has 1 unspecified atom stereocenters. The van der Waals surface area contributed by atoms with Gasteiger partial charge in [-0.1, -0.05) is 13.0 Å². The van der Waals surface area contributed by atoms with Crippen molar-refractivity contribution in [3.63, 3.8) is 0 Å². The van der Waals surface area contributed by atoms with Crippen molar-refractivity contribution in [3.05, 3.63) is 47.5 Å². The average molecular weight is 284 g/mol. The van der Waals surface area contributed by atoms with E-state index in [9.17, 15) is 0 Å². The van der Waals surface area contributed by atoms with Crippen LogP contribution < -0.4 is 10.5 Å². The van der Waals surface area contributed by atoms with Crippen LogP contribution in [0.5, 0.6) is 5.75 Å². The van der Waals surface area contributed by atoms with Gasteiger partial charge in [-0.05, 0) is 24.1 Å². The lowest BCUT2D eigenvalue weighted by molar-refractivity contribution is 0.413. The Balaban J connectivity index is 2.19. The first-order chi connectivity index (χ1) is 10.2. The van der Waals surface area contributed by atoms with E-state index in [4.69, 9.17) is 15.7 Å². The average Bonchev–Trinajstić information content (AvgIpc) is 2.93. The van der Waals surface area contributed by atoms with Gasteiger partial charge >= 0.3 is 0 Å². The van der Waals surface area contributed by atoms with Crippen LogP contribution in [0.3, 0.4) is 0 Å². The maximum absolute atomic E-state index is 9.14. The number of nitrogens with zero attached hydrogens (tertiary/aromatic N) is 3. The third-order valence-corrected chi connectivity index (χ3v) is 3.51. The van der Waals surface area contributed by atoms with Crippen LogP contribution in [-0.2, 0) is 13.0 Å². The Kier molecular flexibility index (Phi) is 4.96. The van der Waals surface area contributed by atoms with Gasteiger partial charge in [0.15, 0.2) is 0 Å². The Bertz CT molecular complexity index is 642. The van der Waals surface area contributed by atoms with Crippen LogP contribution in [-0.4, -0.2) is 22.7 Å². The number of hydrogen-bond acceptors (Lipinski definition) is 4. The van der Waals surface area contributed by atoms with Crippen molar-refractivity contribution in [2.45, 2.75) is 32.4 Å². The first-order valence-corrected chi connectivity index (χ1v) is 7.00. The molecule has 0 aliphatic carbocycles. The minimum Gasteiger partial charge on any atom is -0.495 e. The van der Waals surface area contributed by atoms with E-state index in [1.54, 1.807) is 13.3 Å². The summed E-state index contributed by atoms with van der Waals surface area (Å²) in [5, 5.41) is 9.14. The largest absolute Gasteiger partial charge is 0.495 e. The first kappa shape index (κ1) is 15.1. The van der Waals surface area contributed by atoms with E-state index in [-0.39, 0.29) is 6.04 Å². The topological polar surface area (TPSA) is 76.9 Å². The fourth-order valence-corrected chi connectivity index (χ4v) is 2.19. The zero-order valence-electron chi connectivity index (χ0n) is 12.4. The molecule has 0 aliphatic rings. The molecule has 110 valence electrons. The zero-order valence-corrected chi connectivity index (χ0v) is 12.4. The molecule has 2 aromatic rings. The van der Waals surface area contributed by atoms with E-state index in [1.165, 1.54) is 0 Å². The Labute approximate surface area is 125 Å². The molecule has 0 fully saturated rings. The van der Waals surface area contributed by atoms with Gasteiger partial charge in [-0.15, -0.1) is 0 Å². The highest BCUT2D eigenvalue weighted by molar-refractivity contribution is 5.45. The molecule has 1 aromatic carbocycles. The van der Waals surface area contributed by atoms with Gasteiger partial charge in [0, 0.05) is 31.4 Å². The predicted molar refractivity (Wildman–Crippen MR) is 81.0 cm³/mol. The summed E-state index contributed by atoms with van der Waals surface area (Å²) in [7, 11) is 1.57. The Morgan fingerprint density at radius 1 is 1.48 bits per heavy atom. The summed E-state index contributed by atoms with van der Waals surface area (Å²) in [5.74, 6) is 1.57. The van der Waals surface area contributed by atoms with Crippen LogP contribution >= 0.6 is 0 Å². The quantitative estimate of drug-likeness (QED) is 0.881. The molecule has 0 spiro atoms. The number of aromatic nitrogens is 2. The second kappa shape index (κ2) is 6.91. The summed E-state index contributed by atoms with van der Waals surface area (Å²) in [6.45, 7) is 2.74. The van der Waals surface area contributed by atoms with Crippen molar-refractivity contribution in [2.75, 3.05) is 7.11 Å². The number of ether oxygens (including phenoxy) is 1. The van der Waals surface area contributed by atoms with Crippen molar-refractivity contribution < 1.29 is 4.74 Å². The third kappa shape index (κ3) is 3.61. The van der Waals surface area contributed by atoms with Crippen LogP contribution in [0.2, 0.25) is 0 Å². The monoisotopic (exact) mass is 284 g/mol. The van der Waals surface area contributed by atoms with Crippen molar-refractivity contribution in [2.24, 2.45) is 5.73 Å². The van der Waals surface area contributed by atoms with Crippen LogP contribution in [0.15, 0.2) is 30.6 Å². The van der Waals surface area contributed by atoms with E-state index in [0.29, 0.717) is 17.9 Å². The number of nitrogens with two attached hydrogens (primary N) is 1. The molecule has 0 aliphatic heterocycles. The lowest BCUT2D eigenvalue weighted by Crippen LogP contribution is -2.23. The smallest absolute Gasteiger partial charge is 0.136 e. The van der Waals surface area contributed by atoms with Crippen LogP contribution in [0.1, 0.15) is 30.3 Å². The second-order valence-corrected chi connectivity index (χ2v) is 4.99. The Morgan fingerprint density at radius 3 is 2.95 bits per heavy atom. The summed E-state index contributed by atoms with van der Waals surface area (Å²) in [5.41, 5.74) is 7.58. The molecule has 5 nitrogen and oxygen atoms in total. The van der Waals surface area contributed by atoms with Gasteiger partial charge in [0.1, 0.15) is 17.6 Å². The van der Waals surface area contributed by atoms with Crippen molar-refractivity contribution >= 4 is 0 Å². The maximum atomic E-state index is 9.14. The number of hydrogen-bond donors (Lipinski definition) is 1. The van der Waals surface area contributed by atoms with Gasteiger partial charge in [-0.3, -0.25) is 0 Å². The SMILES string of the molecule is CCC(N)Cc1nccn1Cc1ccc(OC)c(C#N)c1. The molecule has 21 heavy (non-hydrogen) atoms. The van der Waals surface area contributed by atoms with E-state index in [2.05, 4.69) is 22.5 Å². The molecule has 5 heteroatoms. The maximum Gasteiger partial charge on any atom is 0.136 e. The minimum atomic E-state index is 0.122. The molecule has 1 heterocycles. The van der Waals surface area contributed by atoms with Crippen molar-refractivity contribution in [1.82, 2.24) is 9.55 Å². The molecular formula is C16H20N4O. The highest BCUT2D eigenvalue weighted by Crippen LogP contribution is 2.19. The second-order valence-electron chi connectivity index (χ2n) is 4.99. The van der Waals surface area contributed by atoms with E-state index in [1.807, 2.05) is 24.4 Å². The zero-order chi connectivity index (χ0) is 15.2. The van der Waals surface area contributed by atoms with Gasteiger partial charge in [0.25, 0.3) is 0 Å². The number of imidazole rings is 1. The summed E-state index contributed by atoms with van der Waals surface area (Å²) in [6, 6.07) is 7.91. The minimum absolute atomic E-state index is 0.122. The summed E-state index contributed by atoms with van der Waals surface area (Å²) >= 11 is 0. The van der Waals surface area contributed by atoms with Crippen molar-refractivity contribution in [1.29, 1.82) is 5.26 Å². The lowest BCUT2D eigenvalue weighted by atomic mass is 10.1. The standard InChI is InChI=1S/C16H20N4O/c1-3-14(18)9-16-19-6-7-20(16)11-12-4-5-15(21-2)13(8-12)10-17/h4-8,14H,3,9,11,18H2,1-2H3. The van der Waals surface area contributed by atoms with Crippen LogP contribution in [0, 0.1) is 11.3 Å². The number of methoxy groups -OCH3 is 1. The van der Waals surface area contributed by atoms with Gasteiger partial charge < -0.3 is 15.0 Å². The van der Waals surface area contributed by atoms with Gasteiger partial charge in [-0.25, -0.2) is 4.98 Å². The fraction of sp³-hybridized carbons (Fsp3) is 0.375. The van der Waals surface area contributed by atoms with E-state index < -0.39 is 0 Å². The molecular weight excluding hydrogens is 264 g/mol. The van der Waals surface area contributed by atoms with Gasteiger partial charge in [0.2, 0.25) is 0 Å². The number of benzene rings is 1. The molecule has 1 atom stereocenters. The molecule has 0 bridgehead atoms. The predicted octanol–water partition coefficient (Wildman–Crippen LogP) is 2.09. The molecule has 0 amide bonds. The Morgan fingerprint density at radius 2 is 2.29 bits per heavy atom. The summed E-state index contributed by atoms with van der Waals surface area (Å²) in [6.07, 6.45) is 5.40. The molecule has 0 radical (unpaired) electrons. The highest BCUT2D eigenvalue weighted by atomic mass is 16.5. The van der Waals surface area contributed by atoms with Crippen LogP contribution in [0.4, 0.5) is 0 Å². The summed E-state index contributed by atoms with van der Waals surface area (Å²) < 4.78 is 7.23. The van der Waals surface area contributed by atoms with Crippen molar-refractivity contribution in [3.8, 4) is 11.8 Å². The molecule has 0 saturated heterocycles. The van der Waals surface area contributed by atoms with Crippen LogP contribution in [0.25, 0.3) is 0 Å². The van der Waals surface area contributed by atoms with Gasteiger partial charge in [-0.2, -0.15) is 5.26 Å². The molecule has 2 N–H and O–H groups in total. The molecule has 0 saturated carbocycles. The number of nitriles is 1. The fourth-order valence-electron chi connectivity index (χ4n) is 2.19. The summed E-state index contributed by atoms with van der Waals surface area (Å²) in [4.78, 5) is 4.37. The van der Waals surface area contributed by atoms with E-state index >= 15 is 0 Å². The first-order valence-electron chi connectivity index (χ1n) is 7.00. The number of rotatable bonds is 6. The van der Waals surface area contributed by atoms with E-state index in [0.717, 1.165) is 24.2 Å². The third-order valence-electron chi connectivity index (χ3n) is 3.51.